The molecule has 0 radical (unpaired) electrons. The number of hydrogen-bond donors (Lipinski definition) is 1. The number of esters is 1. The zero-order valence-corrected chi connectivity index (χ0v) is 19.2. The predicted octanol–water partition coefficient (Wildman–Crippen LogP) is 3.62. The number of nitrogens with one attached hydrogen (secondary N) is 1. The zero-order valence-electron chi connectivity index (χ0n) is 17.6. The Labute approximate surface area is 184 Å². The van der Waals surface area contributed by atoms with Crippen molar-refractivity contribution in [3.05, 3.63) is 44.7 Å². The van der Waals surface area contributed by atoms with E-state index in [1.165, 1.54) is 0 Å². The molecule has 30 heavy (non-hydrogen) atoms. The van der Waals surface area contributed by atoms with Gasteiger partial charge < -0.3 is 24.3 Å². The fourth-order valence-electron chi connectivity index (χ4n) is 3.95. The maximum Gasteiger partial charge on any atom is 0.336 e. The van der Waals surface area contributed by atoms with Crippen LogP contribution >= 0.6 is 15.9 Å². The first kappa shape index (κ1) is 22.4. The Morgan fingerprint density at radius 1 is 1.13 bits per heavy atom. The Bertz CT molecular complexity index is 920. The minimum absolute atomic E-state index is 0.0325. The number of ether oxygens (including phenoxy) is 4. The number of carbonyl (C=O) groups excluding carboxylic acids is 2. The fourth-order valence-corrected chi connectivity index (χ4v) is 4.50. The number of hydrogen-bond acceptors (Lipinski definition) is 7. The van der Waals surface area contributed by atoms with E-state index in [1.807, 2.05) is 6.92 Å². The lowest BCUT2D eigenvalue weighted by atomic mass is 9.75. The van der Waals surface area contributed by atoms with Crippen LogP contribution in [0.3, 0.4) is 0 Å². The Hall–Kier alpha value is -2.32. The van der Waals surface area contributed by atoms with E-state index in [9.17, 15) is 9.59 Å². The highest BCUT2D eigenvalue weighted by Gasteiger charge is 2.40. The van der Waals surface area contributed by atoms with Gasteiger partial charge in [0.15, 0.2) is 17.3 Å². The van der Waals surface area contributed by atoms with Gasteiger partial charge in [0, 0.05) is 40.9 Å². The first-order valence-corrected chi connectivity index (χ1v) is 10.5. The maximum atomic E-state index is 13.1. The molecule has 1 atom stereocenters. The Morgan fingerprint density at radius 2 is 1.83 bits per heavy atom. The van der Waals surface area contributed by atoms with Crippen LogP contribution in [-0.4, -0.2) is 46.3 Å². The SMILES string of the molecule is COCCOC(=O)C1=C(C)NC2=C(C(=O)CCC2)[C@@H]1c1cc(OC)c(OC)cc1Br. The molecule has 0 aromatic heterocycles. The second-order valence-corrected chi connectivity index (χ2v) is 7.98. The molecule has 7 nitrogen and oxygen atoms in total. The normalized spacial score (nSPS) is 18.7. The van der Waals surface area contributed by atoms with Crippen LogP contribution in [0.1, 0.15) is 37.7 Å². The van der Waals surface area contributed by atoms with Gasteiger partial charge in [0.1, 0.15) is 6.61 Å². The molecule has 2 aliphatic rings. The third-order valence-electron chi connectivity index (χ3n) is 5.33. The molecule has 1 aliphatic carbocycles. The van der Waals surface area contributed by atoms with Gasteiger partial charge in [-0.2, -0.15) is 0 Å². The summed E-state index contributed by atoms with van der Waals surface area (Å²) in [5.41, 5.74) is 3.31. The monoisotopic (exact) mass is 479 g/mol. The lowest BCUT2D eigenvalue weighted by Crippen LogP contribution is -2.34. The van der Waals surface area contributed by atoms with Crippen molar-refractivity contribution in [1.29, 1.82) is 0 Å². The average Bonchev–Trinajstić information content (AvgIpc) is 2.72. The minimum Gasteiger partial charge on any atom is -0.493 e. The minimum atomic E-state index is -0.571. The topological polar surface area (TPSA) is 83.1 Å². The van der Waals surface area contributed by atoms with E-state index in [2.05, 4.69) is 21.2 Å². The van der Waals surface area contributed by atoms with Gasteiger partial charge in [0.25, 0.3) is 0 Å². The Morgan fingerprint density at radius 3 is 2.50 bits per heavy atom. The predicted molar refractivity (Wildman–Crippen MR) is 115 cm³/mol. The van der Waals surface area contributed by atoms with Crippen molar-refractivity contribution in [2.24, 2.45) is 0 Å². The molecule has 8 heteroatoms. The third kappa shape index (κ3) is 4.25. The summed E-state index contributed by atoms with van der Waals surface area (Å²) in [6.07, 6.45) is 1.99. The Kier molecular flexibility index (Phi) is 7.20. The van der Waals surface area contributed by atoms with Crippen LogP contribution in [0.4, 0.5) is 0 Å². The highest BCUT2D eigenvalue weighted by molar-refractivity contribution is 9.10. The lowest BCUT2D eigenvalue weighted by Gasteiger charge is -2.34. The van der Waals surface area contributed by atoms with E-state index in [-0.39, 0.29) is 12.4 Å². The molecule has 0 spiro atoms. The van der Waals surface area contributed by atoms with Gasteiger partial charge in [0.2, 0.25) is 0 Å². The zero-order chi connectivity index (χ0) is 21.8. The summed E-state index contributed by atoms with van der Waals surface area (Å²) in [4.78, 5) is 26.0. The molecule has 0 fully saturated rings. The summed E-state index contributed by atoms with van der Waals surface area (Å²) in [6.45, 7) is 2.26. The molecule has 0 saturated carbocycles. The number of methoxy groups -OCH3 is 3. The van der Waals surface area contributed by atoms with Crippen molar-refractivity contribution in [1.82, 2.24) is 5.32 Å². The van der Waals surface area contributed by atoms with Crippen LogP contribution < -0.4 is 14.8 Å². The molecular formula is C22H26BrNO6. The van der Waals surface area contributed by atoms with Gasteiger partial charge in [-0.15, -0.1) is 0 Å². The molecule has 0 unspecified atom stereocenters. The van der Waals surface area contributed by atoms with Crippen LogP contribution in [0.2, 0.25) is 0 Å². The van der Waals surface area contributed by atoms with Crippen LogP contribution in [0.5, 0.6) is 11.5 Å². The average molecular weight is 480 g/mol. The first-order chi connectivity index (χ1) is 14.4. The van der Waals surface area contributed by atoms with Crippen LogP contribution in [-0.2, 0) is 19.1 Å². The Balaban J connectivity index is 2.16. The van der Waals surface area contributed by atoms with Crippen LogP contribution in [0.25, 0.3) is 0 Å². The summed E-state index contributed by atoms with van der Waals surface area (Å²) in [7, 11) is 4.65. The molecule has 1 aromatic rings. The highest BCUT2D eigenvalue weighted by atomic mass is 79.9. The third-order valence-corrected chi connectivity index (χ3v) is 6.02. The molecule has 0 amide bonds. The van der Waals surface area contributed by atoms with Crippen LogP contribution in [0.15, 0.2) is 39.1 Å². The number of Topliss-reactive ketones (excluding diaryl/α,β-unsaturated/α-hetero) is 1. The molecule has 0 bridgehead atoms. The van der Waals surface area contributed by atoms with E-state index in [0.717, 1.165) is 24.1 Å². The molecule has 1 aliphatic heterocycles. The molecule has 1 aromatic carbocycles. The van der Waals surface area contributed by atoms with Crippen molar-refractivity contribution >= 4 is 27.7 Å². The number of carbonyl (C=O) groups is 2. The molecular weight excluding hydrogens is 454 g/mol. The summed E-state index contributed by atoms with van der Waals surface area (Å²) >= 11 is 3.60. The van der Waals surface area contributed by atoms with Gasteiger partial charge in [-0.1, -0.05) is 15.9 Å². The lowest BCUT2D eigenvalue weighted by molar-refractivity contribution is -0.140. The summed E-state index contributed by atoms with van der Waals surface area (Å²) in [5.74, 6) is 0.0533. The van der Waals surface area contributed by atoms with Gasteiger partial charge in [0.05, 0.1) is 26.4 Å². The van der Waals surface area contributed by atoms with Gasteiger partial charge in [-0.05, 0) is 37.5 Å². The van der Waals surface area contributed by atoms with Crippen molar-refractivity contribution in [3.8, 4) is 11.5 Å². The van der Waals surface area contributed by atoms with E-state index in [1.54, 1.807) is 33.5 Å². The smallest absolute Gasteiger partial charge is 0.336 e. The molecule has 3 rings (SSSR count). The number of ketones is 1. The number of halogens is 1. The largest absolute Gasteiger partial charge is 0.493 e. The second kappa shape index (κ2) is 9.66. The number of benzene rings is 1. The molecule has 1 N–H and O–H groups in total. The molecule has 0 saturated heterocycles. The van der Waals surface area contributed by atoms with E-state index < -0.39 is 11.9 Å². The van der Waals surface area contributed by atoms with Gasteiger partial charge in [-0.25, -0.2) is 4.79 Å². The second-order valence-electron chi connectivity index (χ2n) is 7.12. The van der Waals surface area contributed by atoms with Gasteiger partial charge >= 0.3 is 5.97 Å². The van der Waals surface area contributed by atoms with E-state index in [4.69, 9.17) is 18.9 Å². The summed E-state index contributed by atoms with van der Waals surface area (Å²) in [5, 5.41) is 3.28. The van der Waals surface area contributed by atoms with Crippen LogP contribution in [0, 0.1) is 0 Å². The fraction of sp³-hybridized carbons (Fsp3) is 0.455. The highest BCUT2D eigenvalue weighted by Crippen LogP contribution is 2.47. The number of rotatable bonds is 7. The van der Waals surface area contributed by atoms with Crippen molar-refractivity contribution in [2.75, 3.05) is 34.5 Å². The quantitative estimate of drug-likeness (QED) is 0.472. The maximum absolute atomic E-state index is 13.1. The van der Waals surface area contributed by atoms with Crippen molar-refractivity contribution < 1.29 is 28.5 Å². The molecule has 162 valence electrons. The van der Waals surface area contributed by atoms with Gasteiger partial charge in [-0.3, -0.25) is 4.79 Å². The molecule has 1 heterocycles. The van der Waals surface area contributed by atoms with E-state index >= 15 is 0 Å². The van der Waals surface area contributed by atoms with E-state index in [0.29, 0.717) is 45.8 Å². The summed E-state index contributed by atoms with van der Waals surface area (Å²) in [6, 6.07) is 3.59. The standard InChI is InChI=1S/C22H26BrNO6/c1-12-19(22(26)30-9-8-27-2)20(21-15(24-12)6-5-7-16(21)25)13-10-17(28-3)18(29-4)11-14(13)23/h10-11,20,24H,5-9H2,1-4H3/t20-/m1/s1. The number of allylic oxidation sites excluding steroid dienone is 3. The first-order valence-electron chi connectivity index (χ1n) is 9.74. The summed E-state index contributed by atoms with van der Waals surface area (Å²) < 4.78 is 22.0. The van der Waals surface area contributed by atoms with Crippen molar-refractivity contribution in [2.45, 2.75) is 32.1 Å². The number of dihydropyridines is 1. The van der Waals surface area contributed by atoms with Crippen molar-refractivity contribution in [3.63, 3.8) is 0 Å².